The number of amides is 2. The molecule has 2 fully saturated rings. The Morgan fingerprint density at radius 1 is 1.31 bits per heavy atom. The molecule has 0 radical (unpaired) electrons. The quantitative estimate of drug-likeness (QED) is 0.716. The van der Waals surface area contributed by atoms with Crippen LogP contribution in [0.1, 0.15) is 19.8 Å². The molecule has 2 aliphatic rings. The Bertz CT molecular complexity index is 241. The Morgan fingerprint density at radius 2 is 2.06 bits per heavy atom. The normalized spacial score (nSPS) is 27.8. The molecule has 2 aliphatic heterocycles. The van der Waals surface area contributed by atoms with E-state index in [1.165, 1.54) is 6.42 Å². The molecule has 0 aromatic rings. The molecule has 0 saturated carbocycles. The molecule has 5 nitrogen and oxygen atoms in total. The van der Waals surface area contributed by atoms with Crippen molar-refractivity contribution in [2.75, 3.05) is 39.4 Å². The van der Waals surface area contributed by atoms with Gasteiger partial charge in [0.05, 0.1) is 13.2 Å². The Hall–Kier alpha value is -0.810. The van der Waals surface area contributed by atoms with Gasteiger partial charge < -0.3 is 9.64 Å². The summed E-state index contributed by atoms with van der Waals surface area (Å²) in [6.45, 7) is 6.96. The van der Waals surface area contributed by atoms with Crippen molar-refractivity contribution in [1.29, 1.82) is 0 Å². The van der Waals surface area contributed by atoms with Crippen LogP contribution >= 0.6 is 0 Å². The molecule has 2 heterocycles. The van der Waals surface area contributed by atoms with Crippen molar-refractivity contribution < 1.29 is 9.53 Å². The zero-order chi connectivity index (χ0) is 11.4. The second-order valence-corrected chi connectivity index (χ2v) is 4.71. The van der Waals surface area contributed by atoms with Gasteiger partial charge in [-0.25, -0.2) is 9.80 Å². The molecule has 92 valence electrons. The zero-order valence-electron chi connectivity index (χ0n) is 9.95. The summed E-state index contributed by atoms with van der Waals surface area (Å²) < 4.78 is 5.24. The van der Waals surface area contributed by atoms with E-state index in [4.69, 9.17) is 4.74 Å². The number of nitrogens with one attached hydrogen (secondary N) is 1. The summed E-state index contributed by atoms with van der Waals surface area (Å²) in [4.78, 5) is 13.9. The average molecular weight is 227 g/mol. The molecule has 0 bridgehead atoms. The summed E-state index contributed by atoms with van der Waals surface area (Å²) in [5.74, 6) is 0.629. The minimum Gasteiger partial charge on any atom is -0.379 e. The fraction of sp³-hybridized carbons (Fsp3) is 0.909. The summed E-state index contributed by atoms with van der Waals surface area (Å²) in [5.41, 5.74) is 2.95. The summed E-state index contributed by atoms with van der Waals surface area (Å²) in [6, 6.07) is 0.0495. The summed E-state index contributed by atoms with van der Waals surface area (Å²) in [7, 11) is 0. The van der Waals surface area contributed by atoms with E-state index >= 15 is 0 Å². The molecule has 0 aromatic heterocycles. The number of hydrogen-bond donors (Lipinski definition) is 1. The van der Waals surface area contributed by atoms with Gasteiger partial charge in [0.25, 0.3) is 0 Å². The van der Waals surface area contributed by atoms with Crippen molar-refractivity contribution in [3.63, 3.8) is 0 Å². The number of morpholine rings is 1. The Morgan fingerprint density at radius 3 is 2.75 bits per heavy atom. The first-order valence-electron chi connectivity index (χ1n) is 6.14. The molecule has 2 amide bonds. The Kier molecular flexibility index (Phi) is 4.01. The lowest BCUT2D eigenvalue weighted by atomic mass is 10.0. The van der Waals surface area contributed by atoms with Crippen LogP contribution in [0.4, 0.5) is 4.79 Å². The molecule has 2 rings (SSSR count). The maximum absolute atomic E-state index is 11.9. The van der Waals surface area contributed by atoms with Crippen LogP contribution in [0.15, 0.2) is 0 Å². The molecule has 1 atom stereocenters. The number of ether oxygens (including phenoxy) is 1. The van der Waals surface area contributed by atoms with Crippen LogP contribution in [0.25, 0.3) is 0 Å². The van der Waals surface area contributed by atoms with Crippen LogP contribution in [-0.2, 0) is 4.74 Å². The third-order valence-corrected chi connectivity index (χ3v) is 3.21. The highest BCUT2D eigenvalue weighted by molar-refractivity contribution is 5.73. The van der Waals surface area contributed by atoms with Gasteiger partial charge in [0.2, 0.25) is 0 Å². The number of nitrogens with zero attached hydrogens (tertiary/aromatic N) is 2. The molecular weight excluding hydrogens is 206 g/mol. The fourth-order valence-electron chi connectivity index (χ4n) is 2.25. The number of urea groups is 1. The van der Waals surface area contributed by atoms with Gasteiger partial charge in [-0.1, -0.05) is 6.92 Å². The number of likely N-dealkylation sites (tertiary alicyclic amines) is 1. The van der Waals surface area contributed by atoms with Crippen LogP contribution < -0.4 is 5.43 Å². The van der Waals surface area contributed by atoms with Crippen molar-refractivity contribution in [3.05, 3.63) is 0 Å². The third kappa shape index (κ3) is 3.09. The van der Waals surface area contributed by atoms with E-state index in [0.717, 1.165) is 32.6 Å². The highest BCUT2D eigenvalue weighted by Gasteiger charge is 2.22. The van der Waals surface area contributed by atoms with Crippen LogP contribution in [0, 0.1) is 5.92 Å². The molecule has 0 aromatic carbocycles. The lowest BCUT2D eigenvalue weighted by molar-refractivity contribution is 0.0148. The Labute approximate surface area is 96.7 Å². The number of carbonyl (C=O) groups is 1. The van der Waals surface area contributed by atoms with Gasteiger partial charge in [0, 0.05) is 26.2 Å². The van der Waals surface area contributed by atoms with Gasteiger partial charge in [-0.05, 0) is 18.8 Å². The van der Waals surface area contributed by atoms with E-state index in [0.29, 0.717) is 19.1 Å². The predicted octanol–water partition coefficient (Wildman–Crippen LogP) is 0.675. The molecule has 1 unspecified atom stereocenters. The zero-order valence-corrected chi connectivity index (χ0v) is 9.95. The van der Waals surface area contributed by atoms with Crippen LogP contribution in [0.5, 0.6) is 0 Å². The second-order valence-electron chi connectivity index (χ2n) is 4.71. The molecule has 16 heavy (non-hydrogen) atoms. The molecular formula is C11H21N3O2. The second kappa shape index (κ2) is 5.50. The predicted molar refractivity (Wildman–Crippen MR) is 60.9 cm³/mol. The van der Waals surface area contributed by atoms with Crippen molar-refractivity contribution in [2.45, 2.75) is 19.8 Å². The van der Waals surface area contributed by atoms with Gasteiger partial charge in [0.1, 0.15) is 0 Å². The smallest absolute Gasteiger partial charge is 0.331 e. The number of hydrogen-bond acceptors (Lipinski definition) is 3. The van der Waals surface area contributed by atoms with E-state index < -0.39 is 0 Å². The standard InChI is InChI=1S/C11H21N3O2/c1-10-3-2-4-13(9-10)11(15)12-14-5-7-16-8-6-14/h10H,2-9H2,1H3,(H,12,15). The van der Waals surface area contributed by atoms with Crippen LogP contribution in [-0.4, -0.2) is 55.3 Å². The highest BCUT2D eigenvalue weighted by atomic mass is 16.5. The van der Waals surface area contributed by atoms with Gasteiger partial charge in [-0.3, -0.25) is 5.43 Å². The fourth-order valence-corrected chi connectivity index (χ4v) is 2.25. The van der Waals surface area contributed by atoms with Gasteiger partial charge in [-0.15, -0.1) is 0 Å². The van der Waals surface area contributed by atoms with Crippen LogP contribution in [0.3, 0.4) is 0 Å². The van der Waals surface area contributed by atoms with E-state index in [-0.39, 0.29) is 6.03 Å². The topological polar surface area (TPSA) is 44.8 Å². The minimum atomic E-state index is 0.0495. The molecule has 0 spiro atoms. The lowest BCUT2D eigenvalue weighted by Gasteiger charge is -2.34. The number of rotatable bonds is 1. The summed E-state index contributed by atoms with van der Waals surface area (Å²) in [6.07, 6.45) is 2.36. The molecule has 2 saturated heterocycles. The van der Waals surface area contributed by atoms with Crippen LogP contribution in [0.2, 0.25) is 0 Å². The first-order valence-corrected chi connectivity index (χ1v) is 6.14. The monoisotopic (exact) mass is 227 g/mol. The average Bonchev–Trinajstić information content (AvgIpc) is 2.30. The summed E-state index contributed by atoms with van der Waals surface area (Å²) >= 11 is 0. The Balaban J connectivity index is 1.77. The van der Waals surface area contributed by atoms with Crippen molar-refractivity contribution >= 4 is 6.03 Å². The number of carbonyl (C=O) groups excluding carboxylic acids is 1. The van der Waals surface area contributed by atoms with Crippen molar-refractivity contribution in [3.8, 4) is 0 Å². The molecule has 0 aliphatic carbocycles. The lowest BCUT2D eigenvalue weighted by Crippen LogP contribution is -2.54. The number of hydrazine groups is 1. The van der Waals surface area contributed by atoms with E-state index in [9.17, 15) is 4.79 Å². The maximum atomic E-state index is 11.9. The van der Waals surface area contributed by atoms with Gasteiger partial charge in [0.15, 0.2) is 0 Å². The van der Waals surface area contributed by atoms with Crippen molar-refractivity contribution in [1.82, 2.24) is 15.3 Å². The first kappa shape index (κ1) is 11.7. The highest BCUT2D eigenvalue weighted by Crippen LogP contribution is 2.15. The largest absolute Gasteiger partial charge is 0.379 e. The first-order chi connectivity index (χ1) is 7.75. The van der Waals surface area contributed by atoms with E-state index in [1.54, 1.807) is 0 Å². The molecule has 5 heteroatoms. The van der Waals surface area contributed by atoms with Gasteiger partial charge in [-0.2, -0.15) is 0 Å². The third-order valence-electron chi connectivity index (χ3n) is 3.21. The van der Waals surface area contributed by atoms with Crippen molar-refractivity contribution in [2.24, 2.45) is 5.92 Å². The van der Waals surface area contributed by atoms with E-state index in [2.05, 4.69) is 12.3 Å². The number of piperidine rings is 1. The minimum absolute atomic E-state index is 0.0495. The maximum Gasteiger partial charge on any atom is 0.331 e. The van der Waals surface area contributed by atoms with E-state index in [1.807, 2.05) is 9.91 Å². The SMILES string of the molecule is CC1CCCN(C(=O)NN2CCOCC2)C1. The van der Waals surface area contributed by atoms with Gasteiger partial charge >= 0.3 is 6.03 Å². The molecule has 1 N–H and O–H groups in total. The summed E-state index contributed by atoms with van der Waals surface area (Å²) in [5, 5.41) is 1.95.